The van der Waals surface area contributed by atoms with Crippen molar-refractivity contribution in [2.75, 3.05) is 5.01 Å². The fourth-order valence-electron chi connectivity index (χ4n) is 3.78. The summed E-state index contributed by atoms with van der Waals surface area (Å²) < 4.78 is 2.24. The number of rotatable bonds is 3. The smallest absolute Gasteiger partial charge is 0.280 e. The van der Waals surface area contributed by atoms with E-state index in [1.807, 2.05) is 43.3 Å². The molecule has 146 valence electrons. The molecule has 0 unspecified atom stereocenters. The lowest BCUT2D eigenvalue weighted by Crippen LogP contribution is -2.21. The molecule has 29 heavy (non-hydrogen) atoms. The first-order valence-electron chi connectivity index (χ1n) is 9.80. The molecule has 4 heteroatoms. The van der Waals surface area contributed by atoms with Gasteiger partial charge in [-0.3, -0.25) is 4.79 Å². The molecule has 1 aliphatic heterocycles. The van der Waals surface area contributed by atoms with Crippen molar-refractivity contribution in [2.45, 2.75) is 34.6 Å². The Morgan fingerprint density at radius 3 is 2.24 bits per heavy atom. The van der Waals surface area contributed by atoms with Crippen LogP contribution in [-0.2, 0) is 4.79 Å². The van der Waals surface area contributed by atoms with Crippen LogP contribution in [0.1, 0.15) is 35.0 Å². The summed E-state index contributed by atoms with van der Waals surface area (Å²) in [5.41, 5.74) is 9.11. The lowest BCUT2D eigenvalue weighted by Gasteiger charge is -2.12. The van der Waals surface area contributed by atoms with Crippen molar-refractivity contribution < 1.29 is 4.79 Å². The molecule has 0 spiro atoms. The lowest BCUT2D eigenvalue weighted by molar-refractivity contribution is -0.114. The zero-order valence-electron chi connectivity index (χ0n) is 17.5. The number of aryl methyl sites for hydroxylation is 3. The van der Waals surface area contributed by atoms with Gasteiger partial charge in [0.15, 0.2) is 0 Å². The monoisotopic (exact) mass is 383 g/mol. The highest BCUT2D eigenvalue weighted by atomic mass is 16.2. The first kappa shape index (κ1) is 18.9. The van der Waals surface area contributed by atoms with Gasteiger partial charge in [0.05, 0.1) is 17.0 Å². The standard InChI is InChI=1S/C25H25N3O/c1-16-11-12-23(13-17(16)2)27-18(3)14-21(20(27)5)15-24-19(4)26-28(25(24)29)22-9-7-6-8-10-22/h6-15H,1-5H3/b24-15-. The molecule has 0 radical (unpaired) electrons. The lowest BCUT2D eigenvalue weighted by atomic mass is 10.1. The highest BCUT2D eigenvalue weighted by molar-refractivity contribution is 6.32. The van der Waals surface area contributed by atoms with Crippen molar-refractivity contribution in [3.63, 3.8) is 0 Å². The highest BCUT2D eigenvalue weighted by Gasteiger charge is 2.29. The highest BCUT2D eigenvalue weighted by Crippen LogP contribution is 2.28. The fourth-order valence-corrected chi connectivity index (χ4v) is 3.78. The average Bonchev–Trinajstić information content (AvgIpc) is 3.15. The second-order valence-corrected chi connectivity index (χ2v) is 7.63. The van der Waals surface area contributed by atoms with Gasteiger partial charge in [0.1, 0.15) is 0 Å². The van der Waals surface area contributed by atoms with E-state index < -0.39 is 0 Å². The molecule has 0 bridgehead atoms. The quantitative estimate of drug-likeness (QED) is 0.549. The Balaban J connectivity index is 1.73. The molecule has 0 N–H and O–H groups in total. The summed E-state index contributed by atoms with van der Waals surface area (Å²) in [6, 6.07) is 18.2. The molecule has 4 nitrogen and oxygen atoms in total. The van der Waals surface area contributed by atoms with Crippen molar-refractivity contribution in [3.8, 4) is 5.69 Å². The number of hydrogen-bond donors (Lipinski definition) is 0. The first-order valence-corrected chi connectivity index (χ1v) is 9.80. The van der Waals surface area contributed by atoms with E-state index in [9.17, 15) is 4.79 Å². The van der Waals surface area contributed by atoms with E-state index in [4.69, 9.17) is 0 Å². The summed E-state index contributed by atoms with van der Waals surface area (Å²) in [6.45, 7) is 10.3. The molecule has 4 rings (SSSR count). The number of nitrogens with zero attached hydrogens (tertiary/aromatic N) is 3. The second-order valence-electron chi connectivity index (χ2n) is 7.63. The van der Waals surface area contributed by atoms with Crippen molar-refractivity contribution in [3.05, 3.63) is 88.2 Å². The van der Waals surface area contributed by atoms with E-state index in [-0.39, 0.29) is 5.91 Å². The second kappa shape index (κ2) is 7.21. The maximum atomic E-state index is 13.0. The molecule has 1 aliphatic rings. The number of amides is 1. The van der Waals surface area contributed by atoms with Gasteiger partial charge in [0.2, 0.25) is 0 Å². The summed E-state index contributed by atoms with van der Waals surface area (Å²) in [7, 11) is 0. The number of hydrogen-bond acceptors (Lipinski definition) is 2. The largest absolute Gasteiger partial charge is 0.318 e. The normalized spacial score (nSPS) is 15.3. The van der Waals surface area contributed by atoms with Crippen LogP contribution in [-0.4, -0.2) is 16.2 Å². The van der Waals surface area contributed by atoms with Crippen LogP contribution in [0, 0.1) is 27.7 Å². The number of aromatic nitrogens is 1. The van der Waals surface area contributed by atoms with E-state index in [0.717, 1.165) is 34.0 Å². The molecule has 3 aromatic rings. The molecule has 0 saturated carbocycles. The van der Waals surface area contributed by atoms with Crippen molar-refractivity contribution in [1.29, 1.82) is 0 Å². The molecular formula is C25H25N3O. The van der Waals surface area contributed by atoms with Gasteiger partial charge in [-0.05, 0) is 87.7 Å². The third kappa shape index (κ3) is 3.31. The zero-order valence-corrected chi connectivity index (χ0v) is 17.5. The first-order chi connectivity index (χ1) is 13.9. The topological polar surface area (TPSA) is 37.6 Å². The maximum Gasteiger partial charge on any atom is 0.280 e. The van der Waals surface area contributed by atoms with Gasteiger partial charge >= 0.3 is 0 Å². The summed E-state index contributed by atoms with van der Waals surface area (Å²) >= 11 is 0. The SMILES string of the molecule is CC1=NN(c2ccccc2)C(=O)/C1=C\c1cc(C)n(-c2ccc(C)c(C)c2)c1C. The van der Waals surface area contributed by atoms with E-state index in [1.54, 1.807) is 0 Å². The Labute approximate surface area is 171 Å². The van der Waals surface area contributed by atoms with Crippen LogP contribution in [0.5, 0.6) is 0 Å². The number of carbonyl (C=O) groups is 1. The van der Waals surface area contributed by atoms with Gasteiger partial charge in [0, 0.05) is 17.1 Å². The number of para-hydroxylation sites is 1. The summed E-state index contributed by atoms with van der Waals surface area (Å²) in [5.74, 6) is -0.0929. The minimum absolute atomic E-state index is 0.0929. The molecule has 1 aromatic heterocycles. The summed E-state index contributed by atoms with van der Waals surface area (Å²) in [4.78, 5) is 13.0. The number of hydrazone groups is 1. The molecule has 2 heterocycles. The predicted molar refractivity (Wildman–Crippen MR) is 120 cm³/mol. The van der Waals surface area contributed by atoms with Crippen molar-refractivity contribution in [1.82, 2.24) is 4.57 Å². The minimum atomic E-state index is -0.0929. The average molecular weight is 383 g/mol. The van der Waals surface area contributed by atoms with Crippen LogP contribution in [0.2, 0.25) is 0 Å². The third-order valence-corrected chi connectivity index (χ3v) is 5.58. The minimum Gasteiger partial charge on any atom is -0.318 e. The van der Waals surface area contributed by atoms with Crippen LogP contribution < -0.4 is 5.01 Å². The van der Waals surface area contributed by atoms with Gasteiger partial charge < -0.3 is 4.57 Å². The van der Waals surface area contributed by atoms with E-state index in [0.29, 0.717) is 5.57 Å². The van der Waals surface area contributed by atoms with Crippen molar-refractivity contribution >= 4 is 23.4 Å². The molecule has 1 amide bonds. The van der Waals surface area contributed by atoms with Crippen LogP contribution in [0.4, 0.5) is 5.69 Å². The third-order valence-electron chi connectivity index (χ3n) is 5.58. The molecular weight excluding hydrogens is 358 g/mol. The summed E-state index contributed by atoms with van der Waals surface area (Å²) in [6.07, 6.45) is 1.96. The van der Waals surface area contributed by atoms with Gasteiger partial charge in [-0.25, -0.2) is 0 Å². The van der Waals surface area contributed by atoms with Crippen molar-refractivity contribution in [2.24, 2.45) is 5.10 Å². The van der Waals surface area contributed by atoms with Gasteiger partial charge in [-0.1, -0.05) is 24.3 Å². The molecule has 0 fully saturated rings. The Bertz CT molecular complexity index is 1170. The van der Waals surface area contributed by atoms with Crippen LogP contribution in [0.15, 0.2) is 65.3 Å². The number of anilines is 1. The Morgan fingerprint density at radius 1 is 0.828 bits per heavy atom. The number of benzene rings is 2. The predicted octanol–water partition coefficient (Wildman–Crippen LogP) is 5.52. The molecule has 0 saturated heterocycles. The van der Waals surface area contributed by atoms with Crippen LogP contribution in [0.3, 0.4) is 0 Å². The van der Waals surface area contributed by atoms with Crippen LogP contribution >= 0.6 is 0 Å². The zero-order chi connectivity index (χ0) is 20.7. The Kier molecular flexibility index (Phi) is 4.71. The van der Waals surface area contributed by atoms with Gasteiger partial charge in [-0.15, -0.1) is 0 Å². The number of carbonyl (C=O) groups excluding carboxylic acids is 1. The van der Waals surface area contributed by atoms with E-state index in [1.165, 1.54) is 16.1 Å². The molecule has 2 aromatic carbocycles. The maximum absolute atomic E-state index is 13.0. The fraction of sp³-hybridized carbons (Fsp3) is 0.200. The van der Waals surface area contributed by atoms with E-state index in [2.05, 4.69) is 61.6 Å². The van der Waals surface area contributed by atoms with Gasteiger partial charge in [0.25, 0.3) is 5.91 Å². The molecule has 0 atom stereocenters. The van der Waals surface area contributed by atoms with E-state index >= 15 is 0 Å². The van der Waals surface area contributed by atoms with Crippen LogP contribution in [0.25, 0.3) is 11.8 Å². The Morgan fingerprint density at radius 2 is 1.55 bits per heavy atom. The summed E-state index contributed by atoms with van der Waals surface area (Å²) in [5, 5.41) is 5.96. The van der Waals surface area contributed by atoms with Gasteiger partial charge in [-0.2, -0.15) is 10.1 Å². The molecule has 0 aliphatic carbocycles. The Hall–Kier alpha value is -3.40.